The normalized spacial score (nSPS) is 14.2. The summed E-state index contributed by atoms with van der Waals surface area (Å²) in [5, 5.41) is 42.2. The van der Waals surface area contributed by atoms with Gasteiger partial charge >= 0.3 is 11.9 Å². The number of allylic oxidation sites excluding steroid dienone is 2. The van der Waals surface area contributed by atoms with Crippen molar-refractivity contribution in [3.63, 3.8) is 0 Å². The fourth-order valence-corrected chi connectivity index (χ4v) is 5.35. The minimum atomic E-state index is -1.19. The molecule has 0 spiro atoms. The van der Waals surface area contributed by atoms with Crippen LogP contribution in [0.1, 0.15) is 69.9 Å². The first-order valence-electron chi connectivity index (χ1n) is 12.8. The van der Waals surface area contributed by atoms with Crippen molar-refractivity contribution in [2.24, 2.45) is 0 Å². The molecule has 10 nitrogen and oxygen atoms in total. The molecule has 0 radical (unpaired) electrons. The second-order valence-corrected chi connectivity index (χ2v) is 9.69. The lowest BCUT2D eigenvalue weighted by Gasteiger charge is -2.19. The minimum absolute atomic E-state index is 0.0526. The molecule has 1 aliphatic rings. The zero-order valence-corrected chi connectivity index (χ0v) is 21.7. The van der Waals surface area contributed by atoms with Gasteiger partial charge in [-0.2, -0.15) is 0 Å². The lowest BCUT2D eigenvalue weighted by Crippen LogP contribution is -2.23. The quantitative estimate of drug-likeness (QED) is 0.161. The Morgan fingerprint density at radius 2 is 1.05 bits per heavy atom. The van der Waals surface area contributed by atoms with Crippen molar-refractivity contribution in [1.29, 1.82) is 0 Å². The number of carbonyl (C=O) groups is 4. The summed E-state index contributed by atoms with van der Waals surface area (Å²) < 4.78 is 0. The van der Waals surface area contributed by atoms with E-state index in [1.807, 2.05) is 13.8 Å². The van der Waals surface area contributed by atoms with Crippen LogP contribution in [-0.2, 0) is 22.4 Å². The van der Waals surface area contributed by atoms with Gasteiger partial charge in [-0.15, -0.1) is 0 Å². The predicted octanol–water partition coefficient (Wildman–Crippen LogP) is 5.34. The Morgan fingerprint density at radius 1 is 0.675 bits per heavy atom. The fourth-order valence-electron chi connectivity index (χ4n) is 5.35. The second-order valence-electron chi connectivity index (χ2n) is 9.69. The molecule has 10 heteroatoms. The van der Waals surface area contributed by atoms with E-state index in [0.717, 1.165) is 0 Å². The van der Waals surface area contributed by atoms with Crippen molar-refractivity contribution in [2.75, 3.05) is 0 Å². The third-order valence-corrected chi connectivity index (χ3v) is 7.10. The third kappa shape index (κ3) is 4.05. The van der Waals surface area contributed by atoms with E-state index in [1.165, 1.54) is 36.4 Å². The van der Waals surface area contributed by atoms with Gasteiger partial charge in [0.05, 0.1) is 22.3 Å². The summed E-state index contributed by atoms with van der Waals surface area (Å²) in [6, 6.07) is 8.58. The van der Waals surface area contributed by atoms with Gasteiger partial charge in [-0.05, 0) is 49.2 Å². The Hall–Kier alpha value is -5.12. The van der Waals surface area contributed by atoms with Crippen molar-refractivity contribution >= 4 is 56.5 Å². The zero-order valence-electron chi connectivity index (χ0n) is 21.7. The molecule has 40 heavy (non-hydrogen) atoms. The van der Waals surface area contributed by atoms with Crippen molar-refractivity contribution in [3.8, 4) is 0 Å². The topological polar surface area (TPSA) is 181 Å². The van der Waals surface area contributed by atoms with E-state index in [-0.39, 0.29) is 22.3 Å². The number of Topliss-reactive ketones (excluding diaryl/α,β-unsaturated/α-hetero) is 2. The number of aromatic carboxylic acids is 2. The molecule has 6 N–H and O–H groups in total. The van der Waals surface area contributed by atoms with Crippen molar-refractivity contribution in [3.05, 3.63) is 81.6 Å². The monoisotopic (exact) mass is 542 g/mol. The Morgan fingerprint density at radius 3 is 1.38 bits per heavy atom. The number of fused-ring (bicyclic) bond motifs is 2. The summed E-state index contributed by atoms with van der Waals surface area (Å²) in [5.41, 5.74) is 1.37. The highest BCUT2D eigenvalue weighted by Crippen LogP contribution is 2.41. The average molecular weight is 543 g/mol. The van der Waals surface area contributed by atoms with Gasteiger partial charge in [0, 0.05) is 44.3 Å². The van der Waals surface area contributed by atoms with Gasteiger partial charge in [0.15, 0.2) is 11.5 Å². The number of rotatable bonds is 8. The number of carbonyl (C=O) groups excluding carboxylic acids is 2. The van der Waals surface area contributed by atoms with Crippen LogP contribution in [0.5, 0.6) is 0 Å². The number of H-pyrrole nitrogens is 2. The van der Waals surface area contributed by atoms with E-state index >= 15 is 0 Å². The molecule has 0 amide bonds. The maximum atomic E-state index is 13.8. The van der Waals surface area contributed by atoms with E-state index in [0.29, 0.717) is 58.9 Å². The number of hydrogen-bond donors (Lipinski definition) is 6. The highest BCUT2D eigenvalue weighted by Gasteiger charge is 2.40. The molecular weight excluding hydrogens is 516 g/mol. The first kappa shape index (κ1) is 26.5. The van der Waals surface area contributed by atoms with Crippen molar-refractivity contribution in [2.45, 2.75) is 39.5 Å². The highest BCUT2D eigenvalue weighted by molar-refractivity contribution is 6.48. The molecule has 0 saturated heterocycles. The highest BCUT2D eigenvalue weighted by atomic mass is 16.4. The van der Waals surface area contributed by atoms with Gasteiger partial charge in [-0.3, -0.25) is 9.59 Å². The molecule has 0 saturated carbocycles. The number of aromatic nitrogens is 2. The lowest BCUT2D eigenvalue weighted by atomic mass is 9.83. The summed E-state index contributed by atoms with van der Waals surface area (Å²) in [7, 11) is 0. The molecule has 2 aromatic heterocycles. The van der Waals surface area contributed by atoms with Crippen LogP contribution in [0.15, 0.2) is 47.9 Å². The first-order chi connectivity index (χ1) is 19.1. The van der Waals surface area contributed by atoms with Crippen LogP contribution in [0, 0.1) is 0 Å². The fraction of sp³-hybridized carbons (Fsp3) is 0.200. The second kappa shape index (κ2) is 9.88. The number of aryl methyl sites for hydroxylation is 2. The van der Waals surface area contributed by atoms with Gasteiger partial charge in [-0.25, -0.2) is 9.59 Å². The van der Waals surface area contributed by atoms with Gasteiger partial charge in [0.2, 0.25) is 11.6 Å². The SMILES string of the molecule is CCCc1[nH]c2ccc(C(=O)O)cc2c1C1=C(O)C(=O)C(c2c(CCC)[nH]c3ccc(C(=O)O)cc23)=C(O)C1=O. The molecule has 0 fully saturated rings. The molecule has 0 bridgehead atoms. The molecule has 2 aromatic carbocycles. The molecular formula is C30H26N2O8. The van der Waals surface area contributed by atoms with Crippen LogP contribution in [-0.4, -0.2) is 53.9 Å². The number of aliphatic hydroxyl groups excluding tert-OH is 2. The van der Waals surface area contributed by atoms with Crippen LogP contribution in [0.25, 0.3) is 33.0 Å². The Kier molecular flexibility index (Phi) is 6.54. The largest absolute Gasteiger partial charge is 0.504 e. The standard InChI is InChI=1S/C30H26N2O8/c1-3-5-19-21(15-11-13(29(37)38)7-9-17(15)31-19)23-25(33)27(35)24(28(36)26(23)34)22-16-12-14(30(39)40)8-10-18(16)32-20(22)6-4-2/h7-12,31-33,36H,3-6H2,1-2H3,(H,37,38)(H,39,40). The van der Waals surface area contributed by atoms with E-state index in [2.05, 4.69) is 9.97 Å². The van der Waals surface area contributed by atoms with Crippen LogP contribution in [0.4, 0.5) is 0 Å². The molecule has 5 rings (SSSR count). The van der Waals surface area contributed by atoms with Crippen LogP contribution < -0.4 is 0 Å². The van der Waals surface area contributed by atoms with Gasteiger partial charge < -0.3 is 30.4 Å². The molecule has 2 heterocycles. The van der Waals surface area contributed by atoms with Gasteiger partial charge in [0.1, 0.15) is 0 Å². The summed E-state index contributed by atoms with van der Waals surface area (Å²) in [6.45, 7) is 3.79. The number of nitrogens with one attached hydrogen (secondary N) is 2. The van der Waals surface area contributed by atoms with Crippen molar-refractivity contribution in [1.82, 2.24) is 9.97 Å². The van der Waals surface area contributed by atoms with Crippen LogP contribution in [0.3, 0.4) is 0 Å². The maximum absolute atomic E-state index is 13.8. The average Bonchev–Trinajstić information content (AvgIpc) is 3.45. The number of aliphatic hydroxyl groups is 2. The summed E-state index contributed by atoms with van der Waals surface area (Å²) in [6.07, 6.45) is 2.11. The first-order valence-corrected chi connectivity index (χ1v) is 12.8. The Bertz CT molecular complexity index is 1700. The van der Waals surface area contributed by atoms with Crippen LogP contribution >= 0.6 is 0 Å². The third-order valence-electron chi connectivity index (χ3n) is 7.10. The molecule has 4 aromatic rings. The van der Waals surface area contributed by atoms with Gasteiger partial charge in [-0.1, -0.05) is 26.7 Å². The van der Waals surface area contributed by atoms with E-state index in [9.17, 15) is 39.6 Å². The summed E-state index contributed by atoms with van der Waals surface area (Å²) in [4.78, 5) is 57.1. The van der Waals surface area contributed by atoms with Crippen molar-refractivity contribution < 1.29 is 39.6 Å². The molecule has 204 valence electrons. The number of hydrogen-bond acceptors (Lipinski definition) is 6. The van der Waals surface area contributed by atoms with Crippen LogP contribution in [0.2, 0.25) is 0 Å². The lowest BCUT2D eigenvalue weighted by molar-refractivity contribution is -0.116. The molecule has 0 aliphatic heterocycles. The molecule has 0 unspecified atom stereocenters. The summed E-state index contributed by atoms with van der Waals surface area (Å²) >= 11 is 0. The number of carboxylic acid groups (broad SMARTS) is 2. The molecule has 1 aliphatic carbocycles. The Balaban J connectivity index is 1.77. The zero-order chi connectivity index (χ0) is 28.9. The van der Waals surface area contributed by atoms with Gasteiger partial charge in [0.25, 0.3) is 0 Å². The number of benzene rings is 2. The molecule has 0 atom stereocenters. The minimum Gasteiger partial charge on any atom is -0.504 e. The van der Waals surface area contributed by atoms with E-state index < -0.39 is 46.2 Å². The number of ketones is 2. The smallest absolute Gasteiger partial charge is 0.335 e. The maximum Gasteiger partial charge on any atom is 0.335 e. The van der Waals surface area contributed by atoms with E-state index in [1.54, 1.807) is 0 Å². The number of aromatic amines is 2. The van der Waals surface area contributed by atoms with E-state index in [4.69, 9.17) is 0 Å². The predicted molar refractivity (Wildman–Crippen MR) is 148 cm³/mol. The Labute approximate surface area is 227 Å². The number of carboxylic acids is 2. The summed E-state index contributed by atoms with van der Waals surface area (Å²) in [5.74, 6) is -6.16.